The molecule has 1 atom stereocenters. The molecule has 0 aliphatic carbocycles. The van der Waals surface area contributed by atoms with Crippen LogP contribution in [0.2, 0.25) is 0 Å². The molecule has 0 radical (unpaired) electrons. The number of nitrogens with one attached hydrogen (secondary N) is 1. The molecule has 0 bridgehead atoms. The van der Waals surface area contributed by atoms with E-state index in [1.54, 1.807) is 19.1 Å². The van der Waals surface area contributed by atoms with Crippen LogP contribution in [-0.2, 0) is 0 Å². The first kappa shape index (κ1) is 27.2. The third kappa shape index (κ3) is 8.39. The molecule has 2 aromatic rings. The van der Waals surface area contributed by atoms with Gasteiger partial charge in [-0.15, -0.1) is 0 Å². The fourth-order valence-corrected chi connectivity index (χ4v) is 3.68. The Morgan fingerprint density at radius 1 is 1.06 bits per heavy atom. The van der Waals surface area contributed by atoms with Gasteiger partial charge in [-0.3, -0.25) is 4.79 Å². The van der Waals surface area contributed by atoms with E-state index < -0.39 is 0 Å². The minimum absolute atomic E-state index is 0.120. The zero-order chi connectivity index (χ0) is 24.9. The van der Waals surface area contributed by atoms with Crippen molar-refractivity contribution in [2.45, 2.75) is 32.8 Å². The second-order valence-electron chi connectivity index (χ2n) is 8.28. The molecule has 2 aromatic carbocycles. The number of amides is 1. The maximum absolute atomic E-state index is 13.6. The SMILES string of the molecule is COc1cc(C(=O)N(CCNCCCC(C)O)C/C(C)=C/c2ccccc2)cc(OC)c1OC. The van der Waals surface area contributed by atoms with E-state index in [4.69, 9.17) is 14.2 Å². The molecule has 2 rings (SSSR count). The van der Waals surface area contributed by atoms with Crippen LogP contribution in [0.15, 0.2) is 48.0 Å². The van der Waals surface area contributed by atoms with Crippen LogP contribution in [0.4, 0.5) is 0 Å². The molecule has 0 spiro atoms. The second-order valence-corrected chi connectivity index (χ2v) is 8.28. The van der Waals surface area contributed by atoms with Gasteiger partial charge in [-0.05, 0) is 50.9 Å². The van der Waals surface area contributed by atoms with Gasteiger partial charge < -0.3 is 29.5 Å². The molecule has 0 saturated heterocycles. The molecule has 186 valence electrons. The van der Waals surface area contributed by atoms with Crippen molar-refractivity contribution in [2.24, 2.45) is 0 Å². The highest BCUT2D eigenvalue weighted by Gasteiger charge is 2.21. The zero-order valence-electron chi connectivity index (χ0n) is 21.0. The maximum Gasteiger partial charge on any atom is 0.254 e. The van der Waals surface area contributed by atoms with E-state index in [2.05, 4.69) is 11.4 Å². The van der Waals surface area contributed by atoms with Crippen molar-refractivity contribution in [1.82, 2.24) is 10.2 Å². The van der Waals surface area contributed by atoms with E-state index in [9.17, 15) is 9.90 Å². The van der Waals surface area contributed by atoms with Crippen molar-refractivity contribution in [3.8, 4) is 17.2 Å². The third-order valence-corrected chi connectivity index (χ3v) is 5.39. The number of hydrogen-bond acceptors (Lipinski definition) is 6. The summed E-state index contributed by atoms with van der Waals surface area (Å²) in [6, 6.07) is 13.4. The number of ether oxygens (including phenoxy) is 3. The Bertz CT molecular complexity index is 903. The summed E-state index contributed by atoms with van der Waals surface area (Å²) in [5, 5.41) is 12.8. The summed E-state index contributed by atoms with van der Waals surface area (Å²) >= 11 is 0. The normalized spacial score (nSPS) is 12.2. The predicted octanol–water partition coefficient (Wildman–Crippen LogP) is 4.01. The molecule has 7 heteroatoms. The predicted molar refractivity (Wildman–Crippen MR) is 136 cm³/mol. The number of methoxy groups -OCH3 is 3. The Labute approximate surface area is 203 Å². The smallest absolute Gasteiger partial charge is 0.254 e. The number of aliphatic hydroxyl groups is 1. The summed E-state index contributed by atoms with van der Waals surface area (Å²) in [6.45, 7) is 6.27. The van der Waals surface area contributed by atoms with Gasteiger partial charge in [0.1, 0.15) is 0 Å². The molecule has 7 nitrogen and oxygen atoms in total. The Hall–Kier alpha value is -3.03. The fraction of sp³-hybridized carbons (Fsp3) is 0.444. The van der Waals surface area contributed by atoms with Crippen LogP contribution in [0, 0.1) is 0 Å². The Morgan fingerprint density at radius 3 is 2.26 bits per heavy atom. The van der Waals surface area contributed by atoms with Crippen molar-refractivity contribution < 1.29 is 24.1 Å². The molecule has 0 aliphatic heterocycles. The highest BCUT2D eigenvalue weighted by Crippen LogP contribution is 2.38. The second kappa shape index (κ2) is 14.3. The van der Waals surface area contributed by atoms with Crippen molar-refractivity contribution in [2.75, 3.05) is 47.5 Å². The maximum atomic E-state index is 13.6. The topological polar surface area (TPSA) is 80.3 Å². The molecule has 2 N–H and O–H groups in total. The summed E-state index contributed by atoms with van der Waals surface area (Å²) in [4.78, 5) is 15.4. The van der Waals surface area contributed by atoms with E-state index in [0.29, 0.717) is 42.4 Å². The molecule has 0 saturated carbocycles. The molecular formula is C27H38N2O5. The van der Waals surface area contributed by atoms with Gasteiger partial charge in [0.05, 0.1) is 27.4 Å². The molecule has 1 amide bonds. The molecule has 34 heavy (non-hydrogen) atoms. The van der Waals surface area contributed by atoms with Crippen LogP contribution in [0.1, 0.15) is 42.6 Å². The van der Waals surface area contributed by atoms with Crippen LogP contribution < -0.4 is 19.5 Å². The van der Waals surface area contributed by atoms with Crippen LogP contribution >= 0.6 is 0 Å². The first-order chi connectivity index (χ1) is 16.4. The first-order valence-electron chi connectivity index (χ1n) is 11.6. The van der Waals surface area contributed by atoms with E-state index in [1.807, 2.05) is 42.2 Å². The van der Waals surface area contributed by atoms with E-state index >= 15 is 0 Å². The van der Waals surface area contributed by atoms with Crippen molar-refractivity contribution >= 4 is 12.0 Å². The van der Waals surface area contributed by atoms with Crippen molar-refractivity contribution in [3.63, 3.8) is 0 Å². The number of carbonyl (C=O) groups is 1. The van der Waals surface area contributed by atoms with Gasteiger partial charge >= 0.3 is 0 Å². The Kier molecular flexibility index (Phi) is 11.4. The summed E-state index contributed by atoms with van der Waals surface area (Å²) in [6.07, 6.45) is 3.42. The minimum Gasteiger partial charge on any atom is -0.493 e. The van der Waals surface area contributed by atoms with Crippen LogP contribution in [0.25, 0.3) is 6.08 Å². The molecule has 1 unspecified atom stereocenters. The lowest BCUT2D eigenvalue weighted by Gasteiger charge is -2.24. The first-order valence-corrected chi connectivity index (χ1v) is 11.6. The zero-order valence-corrected chi connectivity index (χ0v) is 21.0. The van der Waals surface area contributed by atoms with E-state index in [1.165, 1.54) is 21.3 Å². The van der Waals surface area contributed by atoms with Gasteiger partial charge in [0.2, 0.25) is 5.75 Å². The Morgan fingerprint density at radius 2 is 1.71 bits per heavy atom. The lowest BCUT2D eigenvalue weighted by Crippen LogP contribution is -2.38. The van der Waals surface area contributed by atoms with Gasteiger partial charge in [0.25, 0.3) is 5.91 Å². The minimum atomic E-state index is -0.300. The number of nitrogens with zero attached hydrogens (tertiary/aromatic N) is 1. The number of carbonyl (C=O) groups excluding carboxylic acids is 1. The number of aliphatic hydroxyl groups excluding tert-OH is 1. The van der Waals surface area contributed by atoms with Crippen LogP contribution in [0.3, 0.4) is 0 Å². The van der Waals surface area contributed by atoms with E-state index in [-0.39, 0.29) is 12.0 Å². The average Bonchev–Trinajstić information content (AvgIpc) is 2.84. The van der Waals surface area contributed by atoms with E-state index in [0.717, 1.165) is 30.5 Å². The Balaban J connectivity index is 2.21. The van der Waals surface area contributed by atoms with Gasteiger partial charge in [-0.1, -0.05) is 42.0 Å². The van der Waals surface area contributed by atoms with Crippen molar-refractivity contribution in [3.05, 3.63) is 59.2 Å². The fourth-order valence-electron chi connectivity index (χ4n) is 3.68. The van der Waals surface area contributed by atoms with Crippen LogP contribution in [0.5, 0.6) is 17.2 Å². The number of benzene rings is 2. The van der Waals surface area contributed by atoms with Gasteiger partial charge in [-0.2, -0.15) is 0 Å². The van der Waals surface area contributed by atoms with Gasteiger partial charge in [0.15, 0.2) is 11.5 Å². The third-order valence-electron chi connectivity index (χ3n) is 5.39. The molecule has 0 aromatic heterocycles. The molecular weight excluding hydrogens is 432 g/mol. The summed E-state index contributed by atoms with van der Waals surface area (Å²) in [5.74, 6) is 1.22. The lowest BCUT2D eigenvalue weighted by molar-refractivity contribution is 0.0770. The highest BCUT2D eigenvalue weighted by molar-refractivity contribution is 5.96. The molecule has 0 heterocycles. The van der Waals surface area contributed by atoms with Crippen molar-refractivity contribution in [1.29, 1.82) is 0 Å². The quantitative estimate of drug-likeness (QED) is 0.406. The summed E-state index contributed by atoms with van der Waals surface area (Å²) in [7, 11) is 4.61. The van der Waals surface area contributed by atoms with Gasteiger partial charge in [-0.25, -0.2) is 0 Å². The summed E-state index contributed by atoms with van der Waals surface area (Å²) in [5.41, 5.74) is 2.63. The summed E-state index contributed by atoms with van der Waals surface area (Å²) < 4.78 is 16.3. The number of hydrogen-bond donors (Lipinski definition) is 2. The largest absolute Gasteiger partial charge is 0.493 e. The van der Waals surface area contributed by atoms with Crippen LogP contribution in [-0.4, -0.2) is 69.5 Å². The molecule has 0 aliphatic rings. The van der Waals surface area contributed by atoms with Gasteiger partial charge in [0, 0.05) is 25.2 Å². The number of rotatable bonds is 14. The molecule has 0 fully saturated rings. The average molecular weight is 471 g/mol. The standard InChI is InChI=1S/C27H38N2O5/c1-20(16-22-11-7-6-8-12-22)19-29(15-14-28-13-9-10-21(2)30)27(31)23-17-24(32-3)26(34-5)25(18-23)33-4/h6-8,11-12,16-18,21,28,30H,9-10,13-15,19H2,1-5H3/b20-16+. The highest BCUT2D eigenvalue weighted by atomic mass is 16.5. The monoisotopic (exact) mass is 470 g/mol. The lowest BCUT2D eigenvalue weighted by atomic mass is 10.1.